The van der Waals surface area contributed by atoms with Crippen molar-refractivity contribution in [3.05, 3.63) is 0 Å². The maximum Gasteiger partial charge on any atom is 0.306 e. The van der Waals surface area contributed by atoms with Crippen molar-refractivity contribution in [2.75, 3.05) is 0 Å². The van der Waals surface area contributed by atoms with Crippen LogP contribution in [0.15, 0.2) is 0 Å². The van der Waals surface area contributed by atoms with Crippen molar-refractivity contribution in [1.82, 2.24) is 0 Å². The van der Waals surface area contributed by atoms with Crippen LogP contribution in [0.1, 0.15) is 32.6 Å². The molecule has 0 aromatic carbocycles. The van der Waals surface area contributed by atoms with Gasteiger partial charge >= 0.3 is 5.97 Å². The van der Waals surface area contributed by atoms with Crippen LogP contribution in [0.3, 0.4) is 0 Å². The van der Waals surface area contributed by atoms with E-state index in [1.165, 1.54) is 0 Å². The summed E-state index contributed by atoms with van der Waals surface area (Å²) in [6, 6.07) is 0. The van der Waals surface area contributed by atoms with E-state index in [1.807, 2.05) is 6.92 Å². The first-order chi connectivity index (χ1) is 6.18. The van der Waals surface area contributed by atoms with Crippen molar-refractivity contribution in [1.29, 1.82) is 0 Å². The van der Waals surface area contributed by atoms with Gasteiger partial charge in [-0.2, -0.15) is 0 Å². The molecule has 3 heteroatoms. The van der Waals surface area contributed by atoms with Crippen LogP contribution in [-0.2, 0) is 9.53 Å². The normalized spacial score (nSPS) is 44.4. The average molecular weight is 184 g/mol. The fourth-order valence-electron chi connectivity index (χ4n) is 2.76. The van der Waals surface area contributed by atoms with Crippen LogP contribution in [0.5, 0.6) is 0 Å². The molecule has 1 saturated heterocycles. The molecule has 0 aromatic heterocycles. The van der Waals surface area contributed by atoms with E-state index in [0.717, 1.165) is 25.7 Å². The second-order valence-corrected chi connectivity index (χ2v) is 4.26. The van der Waals surface area contributed by atoms with Crippen LogP contribution in [0.4, 0.5) is 0 Å². The molecule has 4 atom stereocenters. The second-order valence-electron chi connectivity index (χ2n) is 4.26. The number of hydrogen-bond acceptors (Lipinski definition) is 2. The lowest BCUT2D eigenvalue weighted by Gasteiger charge is -2.29. The molecule has 0 bridgehead atoms. The standard InChI is InChI=1S/C10H16O3/c1-6-5-8-7(10(11)12)3-2-4-9(8)13-6/h6-9H,2-5H2,1H3,(H,11,12)/t6-,7+,8-,9-/m1/s1. The zero-order valence-corrected chi connectivity index (χ0v) is 7.90. The third kappa shape index (κ3) is 1.57. The predicted molar refractivity (Wildman–Crippen MR) is 47.4 cm³/mol. The third-order valence-electron chi connectivity index (χ3n) is 3.33. The monoisotopic (exact) mass is 184 g/mol. The topological polar surface area (TPSA) is 46.5 Å². The van der Waals surface area contributed by atoms with Gasteiger partial charge in [-0.25, -0.2) is 0 Å². The smallest absolute Gasteiger partial charge is 0.306 e. The second kappa shape index (κ2) is 3.29. The molecule has 2 fully saturated rings. The zero-order valence-electron chi connectivity index (χ0n) is 7.90. The first kappa shape index (κ1) is 9.00. The number of hydrogen-bond donors (Lipinski definition) is 1. The van der Waals surface area contributed by atoms with Crippen molar-refractivity contribution in [3.63, 3.8) is 0 Å². The summed E-state index contributed by atoms with van der Waals surface area (Å²) >= 11 is 0. The number of carboxylic acids is 1. The van der Waals surface area contributed by atoms with Crippen molar-refractivity contribution in [2.45, 2.75) is 44.8 Å². The number of rotatable bonds is 1. The molecule has 0 spiro atoms. The Kier molecular flexibility index (Phi) is 2.28. The summed E-state index contributed by atoms with van der Waals surface area (Å²) in [6.07, 6.45) is 4.32. The quantitative estimate of drug-likeness (QED) is 0.674. The van der Waals surface area contributed by atoms with E-state index in [2.05, 4.69) is 0 Å². The molecule has 1 N–H and O–H groups in total. The van der Waals surface area contributed by atoms with Crippen molar-refractivity contribution in [2.24, 2.45) is 11.8 Å². The molecule has 0 unspecified atom stereocenters. The summed E-state index contributed by atoms with van der Waals surface area (Å²) in [4.78, 5) is 10.9. The van der Waals surface area contributed by atoms with Gasteiger partial charge in [0.05, 0.1) is 18.1 Å². The summed E-state index contributed by atoms with van der Waals surface area (Å²) in [6.45, 7) is 2.04. The number of aliphatic carboxylic acids is 1. The van der Waals surface area contributed by atoms with Gasteiger partial charge in [0, 0.05) is 5.92 Å². The van der Waals surface area contributed by atoms with Crippen molar-refractivity contribution >= 4 is 5.97 Å². The molecule has 2 aliphatic rings. The van der Waals surface area contributed by atoms with Crippen molar-refractivity contribution in [3.8, 4) is 0 Å². The van der Waals surface area contributed by atoms with Gasteiger partial charge in [0.15, 0.2) is 0 Å². The number of ether oxygens (including phenoxy) is 1. The van der Waals surface area contributed by atoms with Gasteiger partial charge in [-0.3, -0.25) is 4.79 Å². The highest BCUT2D eigenvalue weighted by atomic mass is 16.5. The Morgan fingerprint density at radius 3 is 2.92 bits per heavy atom. The predicted octanol–water partition coefficient (Wildman–Crippen LogP) is 1.66. The van der Waals surface area contributed by atoms with Crippen LogP contribution in [0.2, 0.25) is 0 Å². The highest BCUT2D eigenvalue weighted by Gasteiger charge is 2.43. The van der Waals surface area contributed by atoms with E-state index < -0.39 is 5.97 Å². The van der Waals surface area contributed by atoms with Gasteiger partial charge in [0.25, 0.3) is 0 Å². The molecule has 2 rings (SSSR count). The lowest BCUT2D eigenvalue weighted by atomic mass is 9.76. The maximum atomic E-state index is 10.9. The summed E-state index contributed by atoms with van der Waals surface area (Å²) in [5.41, 5.74) is 0. The van der Waals surface area contributed by atoms with E-state index in [-0.39, 0.29) is 24.0 Å². The van der Waals surface area contributed by atoms with Gasteiger partial charge in [-0.1, -0.05) is 0 Å². The molecular weight excluding hydrogens is 168 g/mol. The largest absolute Gasteiger partial charge is 0.481 e. The third-order valence-corrected chi connectivity index (χ3v) is 3.33. The van der Waals surface area contributed by atoms with Gasteiger partial charge in [-0.05, 0) is 32.6 Å². The Bertz CT molecular complexity index is 214. The lowest BCUT2D eigenvalue weighted by molar-refractivity contribution is -0.146. The number of fused-ring (bicyclic) bond motifs is 1. The molecule has 13 heavy (non-hydrogen) atoms. The minimum Gasteiger partial charge on any atom is -0.481 e. The lowest BCUT2D eigenvalue weighted by Crippen LogP contribution is -2.33. The summed E-state index contributed by atoms with van der Waals surface area (Å²) in [7, 11) is 0. The fourth-order valence-corrected chi connectivity index (χ4v) is 2.76. The van der Waals surface area contributed by atoms with Crippen LogP contribution in [0, 0.1) is 11.8 Å². The highest BCUT2D eigenvalue weighted by Crippen LogP contribution is 2.41. The Hall–Kier alpha value is -0.570. The van der Waals surface area contributed by atoms with Crippen molar-refractivity contribution < 1.29 is 14.6 Å². The molecule has 0 radical (unpaired) electrons. The summed E-state index contributed by atoms with van der Waals surface area (Å²) < 4.78 is 5.68. The van der Waals surface area contributed by atoms with E-state index in [1.54, 1.807) is 0 Å². The minimum atomic E-state index is -0.632. The number of carbonyl (C=O) groups is 1. The molecule has 1 aliphatic carbocycles. The minimum absolute atomic E-state index is 0.149. The molecule has 3 nitrogen and oxygen atoms in total. The van der Waals surface area contributed by atoms with Crippen LogP contribution in [0.25, 0.3) is 0 Å². The van der Waals surface area contributed by atoms with Gasteiger partial charge in [-0.15, -0.1) is 0 Å². The molecular formula is C10H16O3. The fraction of sp³-hybridized carbons (Fsp3) is 0.900. The van der Waals surface area contributed by atoms with E-state index in [4.69, 9.17) is 9.84 Å². The molecule has 0 amide bonds. The van der Waals surface area contributed by atoms with Gasteiger partial charge in [0.2, 0.25) is 0 Å². The first-order valence-corrected chi connectivity index (χ1v) is 5.06. The van der Waals surface area contributed by atoms with Gasteiger partial charge in [0.1, 0.15) is 0 Å². The Morgan fingerprint density at radius 2 is 2.23 bits per heavy atom. The first-order valence-electron chi connectivity index (χ1n) is 5.06. The Labute approximate surface area is 78.1 Å². The average Bonchev–Trinajstić information content (AvgIpc) is 2.43. The maximum absolute atomic E-state index is 10.9. The zero-order chi connectivity index (χ0) is 9.42. The Morgan fingerprint density at radius 1 is 1.46 bits per heavy atom. The van der Waals surface area contributed by atoms with Crippen LogP contribution >= 0.6 is 0 Å². The van der Waals surface area contributed by atoms with E-state index in [0.29, 0.717) is 0 Å². The SMILES string of the molecule is C[C@@H]1C[C@@H]2[C@@H](C(=O)O)CCC[C@H]2O1. The van der Waals surface area contributed by atoms with Crippen LogP contribution < -0.4 is 0 Å². The summed E-state index contributed by atoms with van der Waals surface area (Å²) in [5.74, 6) is -0.502. The molecule has 1 aliphatic heterocycles. The summed E-state index contributed by atoms with van der Waals surface area (Å²) in [5, 5.41) is 9.02. The highest BCUT2D eigenvalue weighted by molar-refractivity contribution is 5.70. The Balaban J connectivity index is 2.09. The van der Waals surface area contributed by atoms with Crippen LogP contribution in [-0.4, -0.2) is 23.3 Å². The molecule has 0 aromatic rings. The number of carboxylic acid groups (broad SMARTS) is 1. The van der Waals surface area contributed by atoms with E-state index in [9.17, 15) is 4.79 Å². The molecule has 1 heterocycles. The molecule has 74 valence electrons. The van der Waals surface area contributed by atoms with E-state index >= 15 is 0 Å². The molecule has 1 saturated carbocycles. The van der Waals surface area contributed by atoms with Gasteiger partial charge < -0.3 is 9.84 Å².